The second-order valence-corrected chi connectivity index (χ2v) is 5.92. The van der Waals surface area contributed by atoms with Crippen LogP contribution in [0.5, 0.6) is 0 Å². The summed E-state index contributed by atoms with van der Waals surface area (Å²) >= 11 is 0. The Bertz CT molecular complexity index is 558. The number of imide groups is 1. The molecule has 23 heavy (non-hydrogen) atoms. The molecule has 124 valence electrons. The first-order chi connectivity index (χ1) is 11.0. The van der Waals surface area contributed by atoms with Gasteiger partial charge in [-0.05, 0) is 45.4 Å². The number of hydrogen-bond acceptors (Lipinski definition) is 4. The van der Waals surface area contributed by atoms with Crippen LogP contribution in [0.25, 0.3) is 0 Å². The number of unbranched alkanes of at least 4 members (excludes halogenated alkanes) is 1. The van der Waals surface area contributed by atoms with E-state index in [1.807, 2.05) is 12.2 Å². The van der Waals surface area contributed by atoms with E-state index in [1.165, 1.54) is 4.90 Å². The first kappa shape index (κ1) is 17.2. The highest BCUT2D eigenvalue weighted by molar-refractivity contribution is 6.19. The van der Waals surface area contributed by atoms with E-state index in [9.17, 15) is 14.4 Å². The van der Waals surface area contributed by atoms with Crippen LogP contribution in [0, 0.1) is 0 Å². The molecule has 0 aromatic carbocycles. The molecular weight excluding hydrogens is 294 g/mol. The van der Waals surface area contributed by atoms with E-state index >= 15 is 0 Å². The molecule has 1 aliphatic heterocycles. The molecule has 0 aromatic heterocycles. The lowest BCUT2D eigenvalue weighted by Gasteiger charge is -2.11. The number of esters is 1. The number of nitrogens with zero attached hydrogens (tertiary/aromatic N) is 1. The minimum absolute atomic E-state index is 0.121. The molecule has 0 atom stereocenters. The highest BCUT2D eigenvalue weighted by atomic mass is 16.5. The molecule has 0 unspecified atom stereocenters. The van der Waals surface area contributed by atoms with Gasteiger partial charge >= 0.3 is 5.97 Å². The number of hydrogen-bond donors (Lipinski definition) is 0. The molecule has 0 aromatic rings. The van der Waals surface area contributed by atoms with Crippen LogP contribution >= 0.6 is 0 Å². The molecule has 1 heterocycles. The van der Waals surface area contributed by atoms with Crippen molar-refractivity contribution in [3.05, 3.63) is 35.5 Å². The molecule has 0 fully saturated rings. The Labute approximate surface area is 136 Å². The largest absolute Gasteiger partial charge is 0.462 e. The van der Waals surface area contributed by atoms with Crippen molar-refractivity contribution in [3.8, 4) is 0 Å². The summed E-state index contributed by atoms with van der Waals surface area (Å²) in [5.41, 5.74) is 1.84. The van der Waals surface area contributed by atoms with Crippen molar-refractivity contribution in [2.75, 3.05) is 13.2 Å². The van der Waals surface area contributed by atoms with Crippen LogP contribution in [0.15, 0.2) is 35.5 Å². The monoisotopic (exact) mass is 317 g/mol. The summed E-state index contributed by atoms with van der Waals surface area (Å²) in [4.78, 5) is 36.9. The Kier molecular flexibility index (Phi) is 5.90. The van der Waals surface area contributed by atoms with Gasteiger partial charge < -0.3 is 4.74 Å². The Morgan fingerprint density at radius 2 is 1.78 bits per heavy atom. The molecular formula is C18H23NO4. The highest BCUT2D eigenvalue weighted by Gasteiger charge is 2.37. The third-order valence-electron chi connectivity index (χ3n) is 4.03. The number of carbonyl (C=O) groups excluding carboxylic acids is 3. The second kappa shape index (κ2) is 7.90. The van der Waals surface area contributed by atoms with Gasteiger partial charge in [-0.1, -0.05) is 18.7 Å². The van der Waals surface area contributed by atoms with Gasteiger partial charge in [0.05, 0.1) is 6.61 Å². The van der Waals surface area contributed by atoms with Gasteiger partial charge in [0, 0.05) is 23.3 Å². The van der Waals surface area contributed by atoms with E-state index in [4.69, 9.17) is 4.74 Å². The molecule has 1 aliphatic carbocycles. The van der Waals surface area contributed by atoms with Crippen molar-refractivity contribution in [2.45, 2.75) is 45.4 Å². The van der Waals surface area contributed by atoms with Crippen LogP contribution < -0.4 is 0 Å². The first-order valence-electron chi connectivity index (χ1n) is 8.08. The summed E-state index contributed by atoms with van der Waals surface area (Å²) in [6.45, 7) is 5.78. The van der Waals surface area contributed by atoms with Crippen LogP contribution in [-0.2, 0) is 19.1 Å². The number of allylic oxidation sites excluding steroid dienone is 1. The average Bonchev–Trinajstić information content (AvgIpc) is 2.78. The molecule has 0 bridgehead atoms. The van der Waals surface area contributed by atoms with Crippen molar-refractivity contribution in [1.82, 2.24) is 4.90 Å². The molecule has 0 N–H and O–H groups in total. The number of amides is 2. The lowest BCUT2D eigenvalue weighted by atomic mass is 9.93. The Hall–Kier alpha value is -2.17. The van der Waals surface area contributed by atoms with Gasteiger partial charge in [-0.2, -0.15) is 0 Å². The quantitative estimate of drug-likeness (QED) is 0.238. The minimum Gasteiger partial charge on any atom is -0.462 e. The summed E-state index contributed by atoms with van der Waals surface area (Å²) in [5, 5.41) is 0. The van der Waals surface area contributed by atoms with Crippen molar-refractivity contribution < 1.29 is 19.1 Å². The fourth-order valence-electron chi connectivity index (χ4n) is 2.75. The fraction of sp³-hybridized carbons (Fsp3) is 0.500. The van der Waals surface area contributed by atoms with Crippen molar-refractivity contribution in [2.24, 2.45) is 0 Å². The number of rotatable bonds is 7. The van der Waals surface area contributed by atoms with E-state index in [-0.39, 0.29) is 17.8 Å². The molecule has 0 saturated carbocycles. The van der Waals surface area contributed by atoms with Gasteiger partial charge in [0.1, 0.15) is 0 Å². The van der Waals surface area contributed by atoms with Crippen LogP contribution in [-0.4, -0.2) is 35.8 Å². The van der Waals surface area contributed by atoms with E-state index < -0.39 is 0 Å². The van der Waals surface area contributed by atoms with Crippen LogP contribution in [0.1, 0.15) is 45.4 Å². The van der Waals surface area contributed by atoms with Gasteiger partial charge in [-0.25, -0.2) is 4.79 Å². The molecule has 0 saturated heterocycles. The Morgan fingerprint density at radius 3 is 2.35 bits per heavy atom. The maximum absolute atomic E-state index is 12.2. The SMILES string of the molecule is C=C(C)C(=O)OCCC/C=C/CN1C(=O)C2=C(CCCC2)C1=O. The van der Waals surface area contributed by atoms with E-state index in [1.54, 1.807) is 6.92 Å². The molecule has 0 spiro atoms. The zero-order valence-corrected chi connectivity index (χ0v) is 13.6. The molecule has 2 aliphatic rings. The molecule has 2 amide bonds. The Balaban J connectivity index is 1.70. The van der Waals surface area contributed by atoms with Crippen molar-refractivity contribution >= 4 is 17.8 Å². The summed E-state index contributed by atoms with van der Waals surface area (Å²) in [7, 11) is 0. The van der Waals surface area contributed by atoms with Crippen LogP contribution in [0.4, 0.5) is 0 Å². The van der Waals surface area contributed by atoms with Gasteiger partial charge in [-0.15, -0.1) is 0 Å². The lowest BCUT2D eigenvalue weighted by molar-refractivity contribution is -0.139. The van der Waals surface area contributed by atoms with Gasteiger partial charge in [0.2, 0.25) is 0 Å². The van der Waals surface area contributed by atoms with Crippen molar-refractivity contribution in [1.29, 1.82) is 0 Å². The summed E-state index contributed by atoms with van der Waals surface area (Å²) in [6, 6.07) is 0. The number of carbonyl (C=O) groups is 3. The molecule has 2 rings (SSSR count). The van der Waals surface area contributed by atoms with E-state index in [0.29, 0.717) is 25.1 Å². The van der Waals surface area contributed by atoms with E-state index in [0.717, 1.165) is 43.3 Å². The molecule has 5 heteroatoms. The second-order valence-electron chi connectivity index (χ2n) is 5.92. The normalized spacial score (nSPS) is 17.9. The smallest absolute Gasteiger partial charge is 0.333 e. The number of ether oxygens (including phenoxy) is 1. The predicted octanol–water partition coefficient (Wildman–Crippen LogP) is 2.68. The maximum Gasteiger partial charge on any atom is 0.333 e. The average molecular weight is 317 g/mol. The van der Waals surface area contributed by atoms with E-state index in [2.05, 4.69) is 6.58 Å². The molecule has 5 nitrogen and oxygen atoms in total. The highest BCUT2D eigenvalue weighted by Crippen LogP contribution is 2.32. The standard InChI is InChI=1S/C18H23NO4/c1-13(2)18(22)23-12-8-4-3-7-11-19-16(20)14-9-5-6-10-15(14)17(19)21/h3,7H,1,4-6,8-12H2,2H3/b7-3+. The summed E-state index contributed by atoms with van der Waals surface area (Å²) < 4.78 is 4.98. The third kappa shape index (κ3) is 4.18. The summed E-state index contributed by atoms with van der Waals surface area (Å²) in [6.07, 6.45) is 8.61. The zero-order chi connectivity index (χ0) is 16.8. The lowest BCUT2D eigenvalue weighted by Crippen LogP contribution is -2.31. The van der Waals surface area contributed by atoms with Gasteiger partial charge in [0.15, 0.2) is 0 Å². The topological polar surface area (TPSA) is 63.7 Å². The predicted molar refractivity (Wildman–Crippen MR) is 86.4 cm³/mol. The van der Waals surface area contributed by atoms with Gasteiger partial charge in [-0.3, -0.25) is 14.5 Å². The van der Waals surface area contributed by atoms with Crippen molar-refractivity contribution in [3.63, 3.8) is 0 Å². The Morgan fingerprint density at radius 1 is 1.17 bits per heavy atom. The summed E-state index contributed by atoms with van der Waals surface area (Å²) in [5.74, 6) is -0.617. The first-order valence-corrected chi connectivity index (χ1v) is 8.08. The third-order valence-corrected chi connectivity index (χ3v) is 4.03. The van der Waals surface area contributed by atoms with Crippen LogP contribution in [0.3, 0.4) is 0 Å². The zero-order valence-electron chi connectivity index (χ0n) is 13.6. The maximum atomic E-state index is 12.2. The van der Waals surface area contributed by atoms with Gasteiger partial charge in [0.25, 0.3) is 11.8 Å². The van der Waals surface area contributed by atoms with Crippen LogP contribution in [0.2, 0.25) is 0 Å². The molecule has 0 radical (unpaired) electrons. The minimum atomic E-state index is -0.376. The fourth-order valence-corrected chi connectivity index (χ4v) is 2.75.